The van der Waals surface area contributed by atoms with Crippen molar-refractivity contribution < 1.29 is 4.52 Å². The summed E-state index contributed by atoms with van der Waals surface area (Å²) < 4.78 is 7.15. The number of piperidine rings is 1. The molecule has 1 atom stereocenters. The van der Waals surface area contributed by atoms with Crippen molar-refractivity contribution in [1.29, 1.82) is 0 Å². The zero-order chi connectivity index (χ0) is 15.1. The molecule has 2 aromatic heterocycles. The van der Waals surface area contributed by atoms with Crippen LogP contribution in [0.1, 0.15) is 67.0 Å². The Balaban J connectivity index is 1.57. The number of likely N-dealkylation sites (tertiary alicyclic amines) is 1. The minimum Gasteiger partial charge on any atom is -0.340 e. The van der Waals surface area contributed by atoms with Gasteiger partial charge in [0.2, 0.25) is 5.89 Å². The standard InChI is InChI=1S/C16H23N5O/c1-11-17-16(19-22-11)14-5-3-4-8-21(14)10-13-9-20(2)18-15(13)12-6-7-12/h9,12,14H,3-8,10H2,1-2H3/t14-/m0/s1. The predicted octanol–water partition coefficient (Wildman–Crippen LogP) is 2.72. The van der Waals surface area contributed by atoms with E-state index in [-0.39, 0.29) is 6.04 Å². The number of hydrogen-bond donors (Lipinski definition) is 0. The van der Waals surface area contributed by atoms with Crippen LogP contribution in [0.4, 0.5) is 0 Å². The van der Waals surface area contributed by atoms with E-state index in [1.165, 1.54) is 36.9 Å². The molecule has 6 heteroatoms. The van der Waals surface area contributed by atoms with E-state index >= 15 is 0 Å². The fourth-order valence-corrected chi connectivity index (χ4v) is 3.52. The summed E-state index contributed by atoms with van der Waals surface area (Å²) in [5.74, 6) is 2.18. The monoisotopic (exact) mass is 301 g/mol. The van der Waals surface area contributed by atoms with Gasteiger partial charge in [-0.3, -0.25) is 9.58 Å². The fraction of sp³-hybridized carbons (Fsp3) is 0.688. The van der Waals surface area contributed by atoms with Gasteiger partial charge >= 0.3 is 0 Å². The van der Waals surface area contributed by atoms with Crippen molar-refractivity contribution in [2.75, 3.05) is 6.54 Å². The average molecular weight is 301 g/mol. The molecule has 0 bridgehead atoms. The summed E-state index contributed by atoms with van der Waals surface area (Å²) in [4.78, 5) is 6.96. The van der Waals surface area contributed by atoms with Crippen LogP contribution in [0.3, 0.4) is 0 Å². The highest BCUT2D eigenvalue weighted by Crippen LogP contribution is 2.41. The van der Waals surface area contributed by atoms with E-state index < -0.39 is 0 Å². The molecule has 0 radical (unpaired) electrons. The number of aryl methyl sites for hydroxylation is 2. The van der Waals surface area contributed by atoms with E-state index in [1.54, 1.807) is 0 Å². The molecule has 4 rings (SSSR count). The van der Waals surface area contributed by atoms with Crippen LogP contribution in [0.15, 0.2) is 10.7 Å². The Morgan fingerprint density at radius 3 is 2.86 bits per heavy atom. The molecule has 0 amide bonds. The summed E-state index contributed by atoms with van der Waals surface area (Å²) in [5, 5.41) is 8.84. The first-order chi connectivity index (χ1) is 10.7. The number of aromatic nitrogens is 4. The first kappa shape index (κ1) is 13.9. The first-order valence-corrected chi connectivity index (χ1v) is 8.27. The second-order valence-electron chi connectivity index (χ2n) is 6.64. The van der Waals surface area contributed by atoms with Crippen LogP contribution in [0.2, 0.25) is 0 Å². The minimum absolute atomic E-state index is 0.276. The van der Waals surface area contributed by atoms with Gasteiger partial charge in [0.1, 0.15) is 0 Å². The highest BCUT2D eigenvalue weighted by Gasteiger charge is 2.32. The van der Waals surface area contributed by atoms with E-state index in [0.29, 0.717) is 11.8 Å². The van der Waals surface area contributed by atoms with Gasteiger partial charge in [-0.05, 0) is 32.2 Å². The van der Waals surface area contributed by atoms with Gasteiger partial charge in [0.05, 0.1) is 11.7 Å². The van der Waals surface area contributed by atoms with Gasteiger partial charge in [-0.25, -0.2) is 0 Å². The van der Waals surface area contributed by atoms with E-state index in [2.05, 4.69) is 26.3 Å². The van der Waals surface area contributed by atoms with Crippen LogP contribution in [0.25, 0.3) is 0 Å². The molecular formula is C16H23N5O. The zero-order valence-corrected chi connectivity index (χ0v) is 13.3. The lowest BCUT2D eigenvalue weighted by Crippen LogP contribution is -2.33. The predicted molar refractivity (Wildman–Crippen MR) is 81.2 cm³/mol. The third kappa shape index (κ3) is 2.67. The maximum atomic E-state index is 5.19. The Labute approximate surface area is 130 Å². The Kier molecular flexibility index (Phi) is 3.48. The number of hydrogen-bond acceptors (Lipinski definition) is 5. The van der Waals surface area contributed by atoms with Crippen molar-refractivity contribution in [1.82, 2.24) is 24.8 Å². The van der Waals surface area contributed by atoms with E-state index in [4.69, 9.17) is 4.52 Å². The summed E-state index contributed by atoms with van der Waals surface area (Å²) >= 11 is 0. The van der Waals surface area contributed by atoms with Crippen LogP contribution >= 0.6 is 0 Å². The second-order valence-corrected chi connectivity index (χ2v) is 6.64. The lowest BCUT2D eigenvalue weighted by atomic mass is 10.0. The van der Waals surface area contributed by atoms with Crippen molar-refractivity contribution in [2.24, 2.45) is 7.05 Å². The topological polar surface area (TPSA) is 60.0 Å². The van der Waals surface area contributed by atoms with Gasteiger partial charge in [-0.1, -0.05) is 11.6 Å². The van der Waals surface area contributed by atoms with E-state index in [1.807, 2.05) is 18.7 Å². The molecule has 0 N–H and O–H groups in total. The lowest BCUT2D eigenvalue weighted by molar-refractivity contribution is 0.131. The smallest absolute Gasteiger partial charge is 0.223 e. The molecular weight excluding hydrogens is 278 g/mol. The van der Waals surface area contributed by atoms with Crippen LogP contribution in [0.5, 0.6) is 0 Å². The highest BCUT2D eigenvalue weighted by atomic mass is 16.5. The fourth-order valence-electron chi connectivity index (χ4n) is 3.52. The Morgan fingerprint density at radius 1 is 1.27 bits per heavy atom. The third-order valence-corrected chi connectivity index (χ3v) is 4.73. The molecule has 2 aliphatic rings. The third-order valence-electron chi connectivity index (χ3n) is 4.73. The summed E-state index contributed by atoms with van der Waals surface area (Å²) in [6.07, 6.45) is 8.34. The largest absolute Gasteiger partial charge is 0.340 e. The quantitative estimate of drug-likeness (QED) is 0.869. The molecule has 22 heavy (non-hydrogen) atoms. The molecule has 3 heterocycles. The second kappa shape index (κ2) is 5.50. The molecule has 1 saturated heterocycles. The van der Waals surface area contributed by atoms with Crippen LogP contribution < -0.4 is 0 Å². The summed E-state index contributed by atoms with van der Waals surface area (Å²) in [6, 6.07) is 0.276. The van der Waals surface area contributed by atoms with E-state index in [0.717, 1.165) is 25.3 Å². The lowest BCUT2D eigenvalue weighted by Gasteiger charge is -2.33. The molecule has 6 nitrogen and oxygen atoms in total. The Morgan fingerprint density at radius 2 is 2.14 bits per heavy atom. The molecule has 2 fully saturated rings. The van der Waals surface area contributed by atoms with Crippen molar-refractivity contribution in [3.63, 3.8) is 0 Å². The maximum absolute atomic E-state index is 5.19. The molecule has 1 aliphatic carbocycles. The Bertz CT molecular complexity index is 657. The normalized spacial score (nSPS) is 23.1. The SMILES string of the molecule is Cc1nc([C@@H]2CCCCN2Cc2cn(C)nc2C2CC2)no1. The van der Waals surface area contributed by atoms with E-state index in [9.17, 15) is 0 Å². The van der Waals surface area contributed by atoms with Gasteiger partial charge in [-0.2, -0.15) is 10.1 Å². The van der Waals surface area contributed by atoms with Gasteiger partial charge in [0.25, 0.3) is 0 Å². The van der Waals surface area contributed by atoms with Crippen molar-refractivity contribution in [3.05, 3.63) is 29.2 Å². The molecule has 0 unspecified atom stereocenters. The summed E-state index contributed by atoms with van der Waals surface area (Å²) in [7, 11) is 2.02. The summed E-state index contributed by atoms with van der Waals surface area (Å²) in [5.41, 5.74) is 2.67. The number of rotatable bonds is 4. The van der Waals surface area contributed by atoms with Crippen LogP contribution in [0, 0.1) is 6.92 Å². The Hall–Kier alpha value is -1.69. The highest BCUT2D eigenvalue weighted by molar-refractivity contribution is 5.25. The van der Waals surface area contributed by atoms with Crippen molar-refractivity contribution >= 4 is 0 Å². The van der Waals surface area contributed by atoms with Gasteiger partial charge < -0.3 is 4.52 Å². The zero-order valence-electron chi connectivity index (χ0n) is 13.3. The minimum atomic E-state index is 0.276. The molecule has 118 valence electrons. The van der Waals surface area contributed by atoms with Crippen LogP contribution in [-0.2, 0) is 13.6 Å². The summed E-state index contributed by atoms with van der Waals surface area (Å²) in [6.45, 7) is 3.89. The van der Waals surface area contributed by atoms with Gasteiger partial charge in [0.15, 0.2) is 5.82 Å². The molecule has 0 aromatic carbocycles. The first-order valence-electron chi connectivity index (χ1n) is 8.27. The molecule has 2 aromatic rings. The van der Waals surface area contributed by atoms with Crippen molar-refractivity contribution in [2.45, 2.75) is 57.5 Å². The maximum Gasteiger partial charge on any atom is 0.223 e. The average Bonchev–Trinajstić information content (AvgIpc) is 3.16. The number of nitrogens with zero attached hydrogens (tertiary/aromatic N) is 5. The molecule has 0 spiro atoms. The van der Waals surface area contributed by atoms with Gasteiger partial charge in [-0.15, -0.1) is 0 Å². The molecule has 1 saturated carbocycles. The van der Waals surface area contributed by atoms with Crippen molar-refractivity contribution in [3.8, 4) is 0 Å². The molecule has 1 aliphatic heterocycles. The van der Waals surface area contributed by atoms with Gasteiger partial charge in [0, 0.05) is 38.2 Å². The van der Waals surface area contributed by atoms with Crippen LogP contribution in [-0.4, -0.2) is 31.4 Å².